The highest BCUT2D eigenvalue weighted by Gasteiger charge is 2.24. The van der Waals surface area contributed by atoms with Gasteiger partial charge in [-0.1, -0.05) is 12.1 Å². The number of aromatic nitrogens is 4. The molecule has 0 spiro atoms. The van der Waals surface area contributed by atoms with Crippen molar-refractivity contribution in [1.82, 2.24) is 19.5 Å². The molecule has 3 aromatic heterocycles. The molecule has 3 heterocycles. The number of hydrogen-bond donors (Lipinski definition) is 3. The quantitative estimate of drug-likeness (QED) is 0.383. The smallest absolute Gasteiger partial charge is 0.231 e. The van der Waals surface area contributed by atoms with Crippen molar-refractivity contribution in [2.75, 3.05) is 5.32 Å². The van der Waals surface area contributed by atoms with Gasteiger partial charge in [-0.3, -0.25) is 4.79 Å². The van der Waals surface area contributed by atoms with Crippen LogP contribution in [0.4, 0.5) is 5.69 Å². The monoisotopic (exact) mass is 456 g/mol. The van der Waals surface area contributed by atoms with Crippen molar-refractivity contribution in [2.45, 2.75) is 51.7 Å². The predicted molar refractivity (Wildman–Crippen MR) is 130 cm³/mol. The molecule has 1 fully saturated rings. The number of hydrogen-bond acceptors (Lipinski definition) is 5. The molecule has 34 heavy (non-hydrogen) atoms. The van der Waals surface area contributed by atoms with Crippen molar-refractivity contribution < 1.29 is 9.90 Å². The fourth-order valence-electron chi connectivity index (χ4n) is 5.06. The molecule has 0 atom stereocenters. The van der Waals surface area contributed by atoms with E-state index >= 15 is 0 Å². The van der Waals surface area contributed by atoms with Crippen molar-refractivity contribution in [3.63, 3.8) is 0 Å². The van der Waals surface area contributed by atoms with Crippen LogP contribution in [0.1, 0.15) is 43.5 Å². The number of carbonyl (C=O) groups excluding carboxylic acids is 1. The number of aliphatic hydroxyl groups excluding tert-OH is 1. The second-order valence-corrected chi connectivity index (χ2v) is 9.20. The van der Waals surface area contributed by atoms with Gasteiger partial charge in [0.1, 0.15) is 17.0 Å². The van der Waals surface area contributed by atoms with Crippen molar-refractivity contribution in [3.05, 3.63) is 54.1 Å². The van der Waals surface area contributed by atoms with Crippen LogP contribution in [0.3, 0.4) is 0 Å². The molecule has 3 N–H and O–H groups in total. The van der Waals surface area contributed by atoms with Crippen molar-refractivity contribution >= 4 is 33.7 Å². The zero-order valence-electron chi connectivity index (χ0n) is 19.0. The fraction of sp³-hybridized carbons (Fsp3) is 0.385. The normalized spacial score (nSPS) is 18.2. The lowest BCUT2D eigenvalue weighted by Crippen LogP contribution is -2.22. The minimum atomic E-state index is -0.135. The number of rotatable bonds is 7. The molecule has 0 bridgehead atoms. The average Bonchev–Trinajstić information content (AvgIpc) is 3.45. The zero-order chi connectivity index (χ0) is 23.5. The number of nitrogens with one attached hydrogen (secondary N) is 2. The number of H-pyrrole nitrogens is 1. The molecule has 174 valence electrons. The molecule has 1 saturated carbocycles. The van der Waals surface area contributed by atoms with E-state index in [9.17, 15) is 9.90 Å². The third-order valence-electron chi connectivity index (χ3n) is 6.90. The average molecular weight is 457 g/mol. The number of carbonyl (C=O) groups is 1. The van der Waals surface area contributed by atoms with Crippen LogP contribution in [0.5, 0.6) is 0 Å². The Morgan fingerprint density at radius 2 is 1.94 bits per heavy atom. The summed E-state index contributed by atoms with van der Waals surface area (Å²) in [6.07, 6.45) is 8.75. The summed E-state index contributed by atoms with van der Waals surface area (Å²) in [6.45, 7) is 0.770. The third kappa shape index (κ3) is 4.52. The summed E-state index contributed by atoms with van der Waals surface area (Å²) in [5.41, 5.74) is 4.11. The topological polar surface area (TPSA) is 120 Å². The van der Waals surface area contributed by atoms with Gasteiger partial charge in [-0.05, 0) is 61.3 Å². The Labute approximate surface area is 197 Å². The number of aromatic amines is 1. The van der Waals surface area contributed by atoms with Gasteiger partial charge in [0.25, 0.3) is 0 Å². The summed E-state index contributed by atoms with van der Waals surface area (Å²) in [5.74, 6) is 1.59. The van der Waals surface area contributed by atoms with Crippen LogP contribution < -0.4 is 5.32 Å². The maximum Gasteiger partial charge on any atom is 0.231 e. The molecule has 1 amide bonds. The lowest BCUT2D eigenvalue weighted by Gasteiger charge is -2.28. The zero-order valence-corrected chi connectivity index (χ0v) is 19.0. The van der Waals surface area contributed by atoms with Crippen molar-refractivity contribution in [3.8, 4) is 6.07 Å². The first-order valence-electron chi connectivity index (χ1n) is 11.8. The molecule has 1 aliphatic rings. The number of fused-ring (bicyclic) bond motifs is 3. The van der Waals surface area contributed by atoms with Crippen LogP contribution in [0.2, 0.25) is 0 Å². The van der Waals surface area contributed by atoms with E-state index in [1.807, 2.05) is 12.3 Å². The van der Waals surface area contributed by atoms with E-state index < -0.39 is 0 Å². The molecule has 1 aromatic carbocycles. The Bertz CT molecular complexity index is 1340. The molecule has 4 aromatic rings. The van der Waals surface area contributed by atoms with E-state index in [0.717, 1.165) is 65.7 Å². The Morgan fingerprint density at radius 1 is 1.18 bits per heavy atom. The lowest BCUT2D eigenvalue weighted by molar-refractivity contribution is -0.115. The van der Waals surface area contributed by atoms with Gasteiger partial charge in [0.15, 0.2) is 0 Å². The first-order valence-corrected chi connectivity index (χ1v) is 11.8. The van der Waals surface area contributed by atoms with Crippen LogP contribution >= 0.6 is 0 Å². The van der Waals surface area contributed by atoms with Crippen molar-refractivity contribution in [2.24, 2.45) is 11.8 Å². The molecule has 0 radical (unpaired) electrons. The van der Waals surface area contributed by atoms with Crippen LogP contribution in [0.25, 0.3) is 22.1 Å². The number of nitrogens with zero attached hydrogens (tertiary/aromatic N) is 4. The molecule has 0 saturated heterocycles. The van der Waals surface area contributed by atoms with Crippen LogP contribution in [0.15, 0.2) is 42.7 Å². The van der Waals surface area contributed by atoms with Gasteiger partial charge in [-0.15, -0.1) is 0 Å². The summed E-state index contributed by atoms with van der Waals surface area (Å²) >= 11 is 0. The van der Waals surface area contributed by atoms with Gasteiger partial charge in [-0.25, -0.2) is 9.97 Å². The fourth-order valence-corrected chi connectivity index (χ4v) is 5.06. The predicted octanol–water partition coefficient (Wildman–Crippen LogP) is 4.31. The van der Waals surface area contributed by atoms with E-state index in [4.69, 9.17) is 10.2 Å². The number of amides is 1. The second-order valence-electron chi connectivity index (χ2n) is 9.20. The lowest BCUT2D eigenvalue weighted by atomic mass is 9.80. The first-order chi connectivity index (χ1) is 16.6. The van der Waals surface area contributed by atoms with Crippen LogP contribution in [-0.2, 0) is 24.4 Å². The third-order valence-corrected chi connectivity index (χ3v) is 6.90. The van der Waals surface area contributed by atoms with Crippen molar-refractivity contribution in [1.29, 1.82) is 5.26 Å². The largest absolute Gasteiger partial charge is 0.392 e. The maximum atomic E-state index is 12.9. The number of imidazole rings is 1. The molecular formula is C26H28N6O2. The number of benzene rings is 1. The Kier molecular flexibility index (Phi) is 6.28. The minimum Gasteiger partial charge on any atom is -0.392 e. The molecule has 8 nitrogen and oxygen atoms in total. The van der Waals surface area contributed by atoms with E-state index in [-0.39, 0.29) is 18.9 Å². The SMILES string of the molecule is N#CCC1CCC(Cn2c(CC(=O)Nc3ccc(CO)cc3)nc3cnc4[nH]ccc4c32)CC1. The Balaban J connectivity index is 1.41. The number of anilines is 1. The number of nitriles is 1. The molecule has 0 aliphatic heterocycles. The summed E-state index contributed by atoms with van der Waals surface area (Å²) < 4.78 is 2.21. The van der Waals surface area contributed by atoms with Crippen LogP contribution in [-0.4, -0.2) is 30.5 Å². The standard InChI is InChI=1S/C26H28N6O2/c27-11-9-17-1-3-18(4-2-17)15-32-23(13-24(34)30-20-7-5-19(16-33)6-8-20)31-22-14-29-26-21(25(22)32)10-12-28-26/h5-8,10,12,14,17-18,33H,1-4,9,13,15-16H2,(H,28,29)(H,30,34). The summed E-state index contributed by atoms with van der Waals surface area (Å²) in [6, 6.07) is 11.5. The molecular weight excluding hydrogens is 428 g/mol. The highest BCUT2D eigenvalue weighted by atomic mass is 16.3. The second kappa shape index (κ2) is 9.65. The van der Waals surface area contributed by atoms with E-state index in [1.165, 1.54) is 0 Å². The molecule has 0 unspecified atom stereocenters. The van der Waals surface area contributed by atoms with E-state index in [2.05, 4.69) is 25.9 Å². The molecule has 5 rings (SSSR count). The summed E-state index contributed by atoms with van der Waals surface area (Å²) in [5, 5.41) is 22.2. The highest BCUT2D eigenvalue weighted by Crippen LogP contribution is 2.33. The van der Waals surface area contributed by atoms with Gasteiger partial charge < -0.3 is 20.0 Å². The van der Waals surface area contributed by atoms with Gasteiger partial charge in [0.05, 0.1) is 30.8 Å². The molecule has 8 heteroatoms. The minimum absolute atomic E-state index is 0.0294. The Morgan fingerprint density at radius 3 is 2.68 bits per heavy atom. The number of pyridine rings is 1. The van der Waals surface area contributed by atoms with Gasteiger partial charge >= 0.3 is 0 Å². The highest BCUT2D eigenvalue weighted by molar-refractivity contribution is 6.01. The van der Waals surface area contributed by atoms with Crippen LogP contribution in [0, 0.1) is 23.2 Å². The molecule has 1 aliphatic carbocycles. The van der Waals surface area contributed by atoms with Gasteiger partial charge in [0, 0.05) is 30.2 Å². The first kappa shape index (κ1) is 22.1. The van der Waals surface area contributed by atoms with E-state index in [0.29, 0.717) is 23.9 Å². The maximum absolute atomic E-state index is 12.9. The summed E-state index contributed by atoms with van der Waals surface area (Å²) in [7, 11) is 0. The Hall–Kier alpha value is -3.70. The van der Waals surface area contributed by atoms with Gasteiger partial charge in [-0.2, -0.15) is 5.26 Å². The van der Waals surface area contributed by atoms with Gasteiger partial charge in [0.2, 0.25) is 5.91 Å². The van der Waals surface area contributed by atoms with E-state index in [1.54, 1.807) is 30.5 Å². The summed E-state index contributed by atoms with van der Waals surface area (Å²) in [4.78, 5) is 25.4. The number of aliphatic hydroxyl groups is 1.